The van der Waals surface area contributed by atoms with Gasteiger partial charge in [0.25, 0.3) is 0 Å². The van der Waals surface area contributed by atoms with Crippen LogP contribution in [0.1, 0.15) is 19.7 Å². The van der Waals surface area contributed by atoms with Crippen molar-refractivity contribution in [2.45, 2.75) is 20.0 Å². The Balaban J connectivity index is 2.61. The van der Waals surface area contributed by atoms with Crippen LogP contribution >= 0.6 is 0 Å². The number of nitrogens with one attached hydrogen (secondary N) is 1. The van der Waals surface area contributed by atoms with E-state index >= 15 is 0 Å². The summed E-state index contributed by atoms with van der Waals surface area (Å²) in [4.78, 5) is 6.66. The zero-order valence-electron chi connectivity index (χ0n) is 11.6. The second-order valence-corrected chi connectivity index (χ2v) is 4.48. The van der Waals surface area contributed by atoms with Crippen LogP contribution in [0.3, 0.4) is 0 Å². The van der Waals surface area contributed by atoms with Gasteiger partial charge in [-0.3, -0.25) is 0 Å². The monoisotopic (exact) mass is 293 g/mol. The summed E-state index contributed by atoms with van der Waals surface area (Å²) < 4.78 is 48.2. The normalized spacial score (nSPS) is 11.8. The number of alkyl halides is 3. The van der Waals surface area contributed by atoms with Crippen LogP contribution in [0.4, 0.5) is 19.0 Å². The summed E-state index contributed by atoms with van der Waals surface area (Å²) >= 11 is 0. The van der Waals surface area contributed by atoms with Gasteiger partial charge in [-0.1, -0.05) is 13.8 Å². The molecule has 1 aromatic rings. The molecule has 114 valence electrons. The molecule has 1 N–H and O–H groups in total. The number of nitrogens with zero attached hydrogens (tertiary/aromatic N) is 2. The summed E-state index contributed by atoms with van der Waals surface area (Å²) in [7, 11) is 1.47. The Kier molecular flexibility index (Phi) is 6.00. The van der Waals surface area contributed by atoms with E-state index in [1.54, 1.807) is 0 Å². The first-order valence-corrected chi connectivity index (χ1v) is 6.17. The summed E-state index contributed by atoms with van der Waals surface area (Å²) in [5.74, 6) is -0.931. The number of aromatic nitrogens is 2. The molecule has 0 fully saturated rings. The van der Waals surface area contributed by atoms with Crippen LogP contribution in [0.25, 0.3) is 0 Å². The lowest BCUT2D eigenvalue weighted by molar-refractivity contribution is -0.145. The molecule has 0 bridgehead atoms. The Morgan fingerprint density at radius 3 is 2.50 bits per heavy atom. The maximum Gasteiger partial charge on any atom is 0.451 e. The Bertz CT molecular complexity index is 425. The van der Waals surface area contributed by atoms with Gasteiger partial charge >= 0.3 is 6.18 Å². The maximum atomic E-state index is 12.6. The zero-order valence-corrected chi connectivity index (χ0v) is 11.6. The minimum Gasteiger partial charge on any atom is -0.475 e. The van der Waals surface area contributed by atoms with Gasteiger partial charge in [0.05, 0.1) is 6.61 Å². The van der Waals surface area contributed by atoms with Gasteiger partial charge in [-0.25, -0.2) is 4.98 Å². The molecular weight excluding hydrogens is 275 g/mol. The van der Waals surface area contributed by atoms with Crippen LogP contribution in [-0.4, -0.2) is 36.8 Å². The molecule has 5 nitrogen and oxygen atoms in total. The van der Waals surface area contributed by atoms with E-state index in [1.165, 1.54) is 13.1 Å². The van der Waals surface area contributed by atoms with E-state index in [0.29, 0.717) is 19.1 Å². The molecule has 0 aliphatic rings. The van der Waals surface area contributed by atoms with Gasteiger partial charge in [-0.2, -0.15) is 18.2 Å². The Hall–Kier alpha value is -1.57. The maximum absolute atomic E-state index is 12.6. The fourth-order valence-corrected chi connectivity index (χ4v) is 1.28. The van der Waals surface area contributed by atoms with Crippen molar-refractivity contribution in [2.24, 2.45) is 5.92 Å². The lowest BCUT2D eigenvalue weighted by atomic mass is 10.2. The molecule has 0 saturated carbocycles. The highest BCUT2D eigenvalue weighted by atomic mass is 19.4. The molecule has 0 aromatic carbocycles. The predicted molar refractivity (Wildman–Crippen MR) is 67.7 cm³/mol. The van der Waals surface area contributed by atoms with Crippen molar-refractivity contribution in [1.82, 2.24) is 9.97 Å². The van der Waals surface area contributed by atoms with Gasteiger partial charge in [0.1, 0.15) is 12.4 Å². The molecule has 1 heterocycles. The first-order valence-electron chi connectivity index (χ1n) is 6.17. The highest BCUT2D eigenvalue weighted by Crippen LogP contribution is 2.28. The average Bonchev–Trinajstić information content (AvgIpc) is 2.36. The second-order valence-electron chi connectivity index (χ2n) is 4.48. The number of hydrogen-bond donors (Lipinski definition) is 1. The lowest BCUT2D eigenvalue weighted by Gasteiger charge is -2.11. The van der Waals surface area contributed by atoms with Crippen molar-refractivity contribution >= 4 is 5.82 Å². The van der Waals surface area contributed by atoms with E-state index in [9.17, 15) is 13.2 Å². The summed E-state index contributed by atoms with van der Waals surface area (Å²) in [6.45, 7) is 4.99. The molecule has 0 aliphatic heterocycles. The average molecular weight is 293 g/mol. The number of rotatable bonds is 7. The van der Waals surface area contributed by atoms with Crippen LogP contribution < -0.4 is 10.1 Å². The fourth-order valence-electron chi connectivity index (χ4n) is 1.28. The lowest BCUT2D eigenvalue weighted by Crippen LogP contribution is -2.15. The number of halogens is 3. The van der Waals surface area contributed by atoms with Crippen LogP contribution in [0.2, 0.25) is 0 Å². The molecule has 0 aliphatic carbocycles. The molecule has 0 radical (unpaired) electrons. The smallest absolute Gasteiger partial charge is 0.451 e. The summed E-state index contributed by atoms with van der Waals surface area (Å²) in [5.41, 5.74) is 0. The van der Waals surface area contributed by atoms with Crippen molar-refractivity contribution in [3.63, 3.8) is 0 Å². The highest BCUT2D eigenvalue weighted by molar-refractivity contribution is 5.38. The molecule has 1 rings (SSSR count). The first-order chi connectivity index (χ1) is 9.32. The van der Waals surface area contributed by atoms with E-state index in [2.05, 4.69) is 15.3 Å². The standard InChI is InChI=1S/C12H18F3N3O2/c1-8(2)7-19-4-5-20-10-6-9(16-3)17-11(18-10)12(13,14)15/h6,8H,4-5,7H2,1-3H3,(H,16,17,18). The van der Waals surface area contributed by atoms with E-state index in [1.807, 2.05) is 13.8 Å². The van der Waals surface area contributed by atoms with E-state index < -0.39 is 12.0 Å². The molecule has 0 saturated heterocycles. The summed E-state index contributed by atoms with van der Waals surface area (Å²) in [5, 5.41) is 2.53. The minimum absolute atomic E-state index is 0.0467. The fraction of sp³-hybridized carbons (Fsp3) is 0.667. The van der Waals surface area contributed by atoms with Crippen molar-refractivity contribution in [1.29, 1.82) is 0 Å². The van der Waals surface area contributed by atoms with Crippen molar-refractivity contribution in [3.05, 3.63) is 11.9 Å². The van der Waals surface area contributed by atoms with Gasteiger partial charge in [0.15, 0.2) is 0 Å². The van der Waals surface area contributed by atoms with Gasteiger partial charge < -0.3 is 14.8 Å². The topological polar surface area (TPSA) is 56.3 Å². The molecule has 1 aromatic heterocycles. The van der Waals surface area contributed by atoms with E-state index in [-0.39, 0.29) is 18.3 Å². The SMILES string of the molecule is CNc1cc(OCCOCC(C)C)nc(C(F)(F)F)n1. The van der Waals surface area contributed by atoms with Crippen LogP contribution in [0, 0.1) is 5.92 Å². The Labute approximate surface area is 115 Å². The van der Waals surface area contributed by atoms with Crippen molar-refractivity contribution in [2.75, 3.05) is 32.2 Å². The molecule has 8 heteroatoms. The quantitative estimate of drug-likeness (QED) is 0.783. The third-order valence-corrected chi connectivity index (χ3v) is 2.14. The molecule has 0 amide bonds. The van der Waals surface area contributed by atoms with Crippen LogP contribution in [-0.2, 0) is 10.9 Å². The largest absolute Gasteiger partial charge is 0.475 e. The highest BCUT2D eigenvalue weighted by Gasteiger charge is 2.35. The summed E-state index contributed by atoms with van der Waals surface area (Å²) in [6, 6.07) is 1.30. The Morgan fingerprint density at radius 1 is 1.25 bits per heavy atom. The molecule has 20 heavy (non-hydrogen) atoms. The molecule has 0 spiro atoms. The number of anilines is 1. The van der Waals surface area contributed by atoms with Crippen molar-refractivity contribution in [3.8, 4) is 5.88 Å². The van der Waals surface area contributed by atoms with Gasteiger partial charge in [0, 0.05) is 19.7 Å². The van der Waals surface area contributed by atoms with Crippen LogP contribution in [0.15, 0.2) is 6.07 Å². The van der Waals surface area contributed by atoms with Crippen LogP contribution in [0.5, 0.6) is 5.88 Å². The molecule has 0 atom stereocenters. The third-order valence-electron chi connectivity index (χ3n) is 2.14. The molecular formula is C12H18F3N3O2. The van der Waals surface area contributed by atoms with Crippen molar-refractivity contribution < 1.29 is 22.6 Å². The van der Waals surface area contributed by atoms with Gasteiger partial charge in [-0.15, -0.1) is 0 Å². The van der Waals surface area contributed by atoms with Gasteiger partial charge in [-0.05, 0) is 5.92 Å². The minimum atomic E-state index is -4.61. The van der Waals surface area contributed by atoms with E-state index in [0.717, 1.165) is 0 Å². The number of hydrogen-bond acceptors (Lipinski definition) is 5. The predicted octanol–water partition coefficient (Wildman–Crippen LogP) is 2.59. The summed E-state index contributed by atoms with van der Waals surface area (Å²) in [6.07, 6.45) is -4.61. The third kappa shape index (κ3) is 5.60. The second kappa shape index (κ2) is 7.28. The first kappa shape index (κ1) is 16.5. The zero-order chi connectivity index (χ0) is 15.2. The van der Waals surface area contributed by atoms with Gasteiger partial charge in [0.2, 0.25) is 11.7 Å². The number of ether oxygens (including phenoxy) is 2. The van der Waals surface area contributed by atoms with E-state index in [4.69, 9.17) is 9.47 Å². The Morgan fingerprint density at radius 2 is 1.95 bits per heavy atom. The molecule has 0 unspecified atom stereocenters.